The monoisotopic (exact) mass is 214 g/mol. The Balaban J connectivity index is 2.00. The zero-order chi connectivity index (χ0) is 10.2. The summed E-state index contributed by atoms with van der Waals surface area (Å²) in [6.45, 7) is 7.28. The van der Waals surface area contributed by atoms with Crippen molar-refractivity contribution < 1.29 is 9.47 Å². The van der Waals surface area contributed by atoms with Crippen molar-refractivity contribution in [3.8, 4) is 0 Å². The van der Waals surface area contributed by atoms with Gasteiger partial charge >= 0.3 is 0 Å². The van der Waals surface area contributed by atoms with E-state index in [-0.39, 0.29) is 4.93 Å². The highest BCUT2D eigenvalue weighted by atomic mass is 32.2. The summed E-state index contributed by atoms with van der Waals surface area (Å²) in [5, 5.41) is 0. The molecular formula is C11H18O2S. The maximum atomic E-state index is 5.76. The smallest absolute Gasteiger partial charge is 0.115 e. The van der Waals surface area contributed by atoms with Crippen LogP contribution in [0, 0.1) is 0 Å². The van der Waals surface area contributed by atoms with Gasteiger partial charge in [0, 0.05) is 17.9 Å². The molecule has 2 aliphatic heterocycles. The van der Waals surface area contributed by atoms with E-state index in [0.29, 0.717) is 6.10 Å². The minimum atomic E-state index is 0.00398. The second kappa shape index (κ2) is 3.78. The number of hydrogen-bond donors (Lipinski definition) is 0. The van der Waals surface area contributed by atoms with Crippen molar-refractivity contribution in [3.63, 3.8) is 0 Å². The Morgan fingerprint density at radius 2 is 2.29 bits per heavy atom. The first-order chi connectivity index (χ1) is 6.59. The van der Waals surface area contributed by atoms with Gasteiger partial charge in [0.15, 0.2) is 0 Å². The quantitative estimate of drug-likeness (QED) is 0.702. The molecule has 2 rings (SSSR count). The van der Waals surface area contributed by atoms with E-state index in [9.17, 15) is 0 Å². The molecule has 2 heterocycles. The van der Waals surface area contributed by atoms with Gasteiger partial charge < -0.3 is 9.47 Å². The van der Waals surface area contributed by atoms with Crippen molar-refractivity contribution in [2.45, 2.75) is 51.1 Å². The highest BCUT2D eigenvalue weighted by Gasteiger charge is 2.34. The van der Waals surface area contributed by atoms with Crippen molar-refractivity contribution in [2.24, 2.45) is 0 Å². The normalized spacial score (nSPS) is 37.8. The lowest BCUT2D eigenvalue weighted by atomic mass is 10.3. The van der Waals surface area contributed by atoms with Crippen LogP contribution < -0.4 is 0 Å². The van der Waals surface area contributed by atoms with Crippen LogP contribution in [0.15, 0.2) is 10.7 Å². The minimum absolute atomic E-state index is 0.00398. The van der Waals surface area contributed by atoms with E-state index < -0.39 is 0 Å². The lowest BCUT2D eigenvalue weighted by molar-refractivity contribution is 0.0975. The molecule has 0 saturated carbocycles. The average molecular weight is 214 g/mol. The summed E-state index contributed by atoms with van der Waals surface area (Å²) in [6, 6.07) is 0. The molecule has 14 heavy (non-hydrogen) atoms. The lowest BCUT2D eigenvalue weighted by Gasteiger charge is -2.22. The molecule has 0 aliphatic carbocycles. The second-order valence-electron chi connectivity index (χ2n) is 4.30. The standard InChI is InChI=1S/C11H18O2S/c1-8-7-10(9(2)13-8)14-11(3)5-4-6-12-11/h8H,4-7H2,1-3H3. The molecule has 2 aliphatic rings. The van der Waals surface area contributed by atoms with Gasteiger partial charge in [-0.1, -0.05) is 11.8 Å². The molecule has 1 fully saturated rings. The molecule has 0 bridgehead atoms. The number of rotatable bonds is 2. The molecule has 0 aromatic carbocycles. The SMILES string of the molecule is CC1=C(SC2(C)CCCO2)CC(C)O1. The fourth-order valence-electron chi connectivity index (χ4n) is 2.02. The zero-order valence-electron chi connectivity index (χ0n) is 9.13. The van der Waals surface area contributed by atoms with Gasteiger partial charge in [-0.3, -0.25) is 0 Å². The summed E-state index contributed by atoms with van der Waals surface area (Å²) in [4.78, 5) is 1.38. The van der Waals surface area contributed by atoms with Gasteiger partial charge in [-0.05, 0) is 33.6 Å². The summed E-state index contributed by atoms with van der Waals surface area (Å²) < 4.78 is 11.4. The Hall–Kier alpha value is -0.150. The predicted octanol–water partition coefficient (Wildman–Crippen LogP) is 3.29. The van der Waals surface area contributed by atoms with Gasteiger partial charge in [-0.2, -0.15) is 0 Å². The van der Waals surface area contributed by atoms with Crippen LogP contribution >= 0.6 is 11.8 Å². The summed E-state index contributed by atoms with van der Waals surface area (Å²) in [5.41, 5.74) is 0. The lowest BCUT2D eigenvalue weighted by Crippen LogP contribution is -2.17. The highest BCUT2D eigenvalue weighted by Crippen LogP contribution is 2.45. The number of ether oxygens (including phenoxy) is 2. The Labute approximate surface area is 90.0 Å². The van der Waals surface area contributed by atoms with E-state index in [1.807, 2.05) is 11.8 Å². The van der Waals surface area contributed by atoms with Crippen molar-refractivity contribution in [1.82, 2.24) is 0 Å². The molecule has 0 radical (unpaired) electrons. The van der Waals surface area contributed by atoms with Crippen LogP contribution in [-0.2, 0) is 9.47 Å². The molecule has 1 saturated heterocycles. The third-order valence-electron chi connectivity index (χ3n) is 2.77. The summed E-state index contributed by atoms with van der Waals surface area (Å²) in [6.07, 6.45) is 3.74. The van der Waals surface area contributed by atoms with Crippen LogP contribution in [0.5, 0.6) is 0 Å². The minimum Gasteiger partial charge on any atom is -0.494 e. The Morgan fingerprint density at radius 1 is 1.50 bits per heavy atom. The third-order valence-corrected chi connectivity index (χ3v) is 4.22. The summed E-state index contributed by atoms with van der Waals surface area (Å²) >= 11 is 1.86. The maximum Gasteiger partial charge on any atom is 0.115 e. The van der Waals surface area contributed by atoms with Crippen LogP contribution in [0.1, 0.15) is 40.0 Å². The van der Waals surface area contributed by atoms with Crippen LogP contribution in [0.25, 0.3) is 0 Å². The largest absolute Gasteiger partial charge is 0.494 e. The van der Waals surface area contributed by atoms with E-state index in [1.165, 1.54) is 11.3 Å². The van der Waals surface area contributed by atoms with Crippen LogP contribution in [0.2, 0.25) is 0 Å². The van der Waals surface area contributed by atoms with Gasteiger partial charge in [-0.25, -0.2) is 0 Å². The van der Waals surface area contributed by atoms with Crippen molar-refractivity contribution in [3.05, 3.63) is 10.7 Å². The first-order valence-electron chi connectivity index (χ1n) is 5.28. The molecule has 0 N–H and O–H groups in total. The molecule has 80 valence electrons. The number of hydrogen-bond acceptors (Lipinski definition) is 3. The molecule has 2 nitrogen and oxygen atoms in total. The molecule has 2 unspecified atom stereocenters. The molecule has 0 aromatic heterocycles. The molecule has 0 aromatic rings. The fourth-order valence-corrected chi connectivity index (χ4v) is 3.44. The van der Waals surface area contributed by atoms with E-state index in [0.717, 1.165) is 25.2 Å². The van der Waals surface area contributed by atoms with Crippen molar-refractivity contribution in [2.75, 3.05) is 6.61 Å². The van der Waals surface area contributed by atoms with Gasteiger partial charge in [0.2, 0.25) is 0 Å². The topological polar surface area (TPSA) is 18.5 Å². The van der Waals surface area contributed by atoms with Crippen LogP contribution in [0.4, 0.5) is 0 Å². The van der Waals surface area contributed by atoms with Gasteiger partial charge in [0.25, 0.3) is 0 Å². The first-order valence-corrected chi connectivity index (χ1v) is 6.10. The molecule has 2 atom stereocenters. The Bertz CT molecular complexity index is 254. The van der Waals surface area contributed by atoms with E-state index >= 15 is 0 Å². The third kappa shape index (κ3) is 2.09. The average Bonchev–Trinajstić information content (AvgIpc) is 2.61. The Kier molecular flexibility index (Phi) is 2.80. The van der Waals surface area contributed by atoms with Crippen molar-refractivity contribution >= 4 is 11.8 Å². The number of allylic oxidation sites excluding steroid dienone is 1. The van der Waals surface area contributed by atoms with E-state index in [2.05, 4.69) is 20.8 Å². The molecule has 0 amide bonds. The van der Waals surface area contributed by atoms with E-state index in [1.54, 1.807) is 0 Å². The van der Waals surface area contributed by atoms with Crippen LogP contribution in [-0.4, -0.2) is 17.6 Å². The van der Waals surface area contributed by atoms with E-state index in [4.69, 9.17) is 9.47 Å². The van der Waals surface area contributed by atoms with Gasteiger partial charge in [0.05, 0.1) is 0 Å². The maximum absolute atomic E-state index is 5.76. The Morgan fingerprint density at radius 3 is 2.79 bits per heavy atom. The summed E-state index contributed by atoms with van der Waals surface area (Å²) in [7, 11) is 0. The number of thioether (sulfide) groups is 1. The summed E-state index contributed by atoms with van der Waals surface area (Å²) in [5.74, 6) is 1.10. The van der Waals surface area contributed by atoms with Crippen LogP contribution in [0.3, 0.4) is 0 Å². The fraction of sp³-hybridized carbons (Fsp3) is 0.818. The highest BCUT2D eigenvalue weighted by molar-refractivity contribution is 8.04. The second-order valence-corrected chi connectivity index (χ2v) is 5.86. The molecule has 3 heteroatoms. The predicted molar refractivity (Wildman–Crippen MR) is 59.0 cm³/mol. The molecular weight excluding hydrogens is 196 g/mol. The molecule has 0 spiro atoms. The zero-order valence-corrected chi connectivity index (χ0v) is 9.95. The van der Waals surface area contributed by atoms with Gasteiger partial charge in [0.1, 0.15) is 16.8 Å². The van der Waals surface area contributed by atoms with Crippen molar-refractivity contribution in [1.29, 1.82) is 0 Å². The first kappa shape index (κ1) is 10.4. The van der Waals surface area contributed by atoms with Gasteiger partial charge in [-0.15, -0.1) is 0 Å².